The van der Waals surface area contributed by atoms with Crippen molar-refractivity contribution in [2.45, 2.75) is 0 Å². The Balaban J connectivity index is 2.43. The molecule has 1 heteroatoms. The second-order valence-corrected chi connectivity index (χ2v) is 0.578. The third-order valence-electron chi connectivity index (χ3n) is 0.0668. The molecule has 0 fully saturated rings. The lowest BCUT2D eigenvalue weighted by atomic mass is 10.8. The Labute approximate surface area is 30.8 Å². The summed E-state index contributed by atoms with van der Waals surface area (Å²) < 4.78 is 0. The van der Waals surface area contributed by atoms with Gasteiger partial charge in [-0.05, 0) is 6.42 Å². The maximum atomic E-state index is 6.07. The average molecular weight is 73.5 g/mol. The van der Waals surface area contributed by atoms with Crippen molar-refractivity contribution in [2.75, 3.05) is 5.88 Å². The van der Waals surface area contributed by atoms with Gasteiger partial charge in [0, 0.05) is 0 Å². The van der Waals surface area contributed by atoms with Crippen LogP contribution in [0.15, 0.2) is 0 Å². The van der Waals surface area contributed by atoms with E-state index in [0.29, 0.717) is 0 Å². The Morgan fingerprint density at radius 1 is 2.00 bits per heavy atom. The van der Waals surface area contributed by atoms with Crippen LogP contribution in [0.1, 0.15) is 0 Å². The molecule has 0 atom stereocenters. The third kappa shape index (κ3) is 1.85. The summed E-state index contributed by atoms with van der Waals surface area (Å²) in [6.07, 6.45) is 6.07. The molecule has 0 aliphatic carbocycles. The SMILES string of the molecule is [C]#CCCl. The van der Waals surface area contributed by atoms with Crippen molar-refractivity contribution in [3.05, 3.63) is 6.42 Å². The molecular formula is C3H2Cl. The van der Waals surface area contributed by atoms with E-state index in [0.717, 1.165) is 0 Å². The van der Waals surface area contributed by atoms with Crippen LogP contribution in [-0.4, -0.2) is 5.88 Å². The first-order valence-corrected chi connectivity index (χ1v) is 1.41. The summed E-state index contributed by atoms with van der Waals surface area (Å²) in [6.45, 7) is 0. The number of hydrogen-bond acceptors (Lipinski definition) is 0. The van der Waals surface area contributed by atoms with Gasteiger partial charge in [0.15, 0.2) is 0 Å². The minimum atomic E-state index is 0.208. The molecule has 0 aromatic rings. The fourth-order valence-electron chi connectivity index (χ4n) is 0. The van der Waals surface area contributed by atoms with Gasteiger partial charge in [-0.25, -0.2) is 0 Å². The van der Waals surface area contributed by atoms with Crippen LogP contribution in [0.25, 0.3) is 0 Å². The summed E-state index contributed by atoms with van der Waals surface area (Å²) in [5, 5.41) is 0. The van der Waals surface area contributed by atoms with Gasteiger partial charge in [0.1, 0.15) is 0 Å². The molecule has 0 amide bonds. The number of halogens is 1. The zero-order valence-electron chi connectivity index (χ0n) is 2.09. The molecule has 21 valence electrons. The van der Waals surface area contributed by atoms with Gasteiger partial charge in [-0.2, -0.15) is 0 Å². The van der Waals surface area contributed by atoms with Crippen LogP contribution in [0, 0.1) is 12.3 Å². The average Bonchev–Trinajstić information content (AvgIpc) is 1.37. The van der Waals surface area contributed by atoms with Gasteiger partial charge in [0.2, 0.25) is 0 Å². The molecule has 0 aliphatic heterocycles. The number of rotatable bonds is 0. The van der Waals surface area contributed by atoms with Crippen LogP contribution in [-0.2, 0) is 0 Å². The van der Waals surface area contributed by atoms with Crippen LogP contribution in [0.4, 0.5) is 0 Å². The van der Waals surface area contributed by atoms with E-state index in [-0.39, 0.29) is 5.88 Å². The molecule has 0 spiro atoms. The first-order valence-electron chi connectivity index (χ1n) is 0.871. The van der Waals surface area contributed by atoms with Gasteiger partial charge in [-0.1, -0.05) is 5.92 Å². The minimum absolute atomic E-state index is 0.208. The predicted molar refractivity (Wildman–Crippen MR) is 17.9 cm³/mol. The maximum Gasteiger partial charge on any atom is 0.0845 e. The standard InChI is InChI=1S/C3H2Cl/c1-2-3-4/h3H2. The van der Waals surface area contributed by atoms with E-state index in [2.05, 4.69) is 0 Å². The topological polar surface area (TPSA) is 0 Å². The van der Waals surface area contributed by atoms with E-state index >= 15 is 0 Å². The van der Waals surface area contributed by atoms with Crippen LogP contribution in [0.5, 0.6) is 0 Å². The highest BCUT2D eigenvalue weighted by molar-refractivity contribution is 6.19. The van der Waals surface area contributed by atoms with Gasteiger partial charge in [0.25, 0.3) is 0 Å². The zero-order valence-corrected chi connectivity index (χ0v) is 2.84. The maximum absolute atomic E-state index is 6.07. The monoisotopic (exact) mass is 73.0 g/mol. The van der Waals surface area contributed by atoms with E-state index in [1.165, 1.54) is 0 Å². The van der Waals surface area contributed by atoms with Crippen molar-refractivity contribution in [2.24, 2.45) is 0 Å². The largest absolute Gasteiger partial charge is 0.113 e. The highest BCUT2D eigenvalue weighted by Crippen LogP contribution is 1.61. The molecule has 0 aliphatic rings. The summed E-state index contributed by atoms with van der Waals surface area (Å²) in [5.74, 6) is 2.15. The normalized spacial score (nSPS) is 5.00. The molecule has 0 saturated carbocycles. The van der Waals surface area contributed by atoms with Crippen molar-refractivity contribution in [1.29, 1.82) is 0 Å². The summed E-state index contributed by atoms with van der Waals surface area (Å²) in [5.41, 5.74) is 0. The molecule has 0 aromatic carbocycles. The van der Waals surface area contributed by atoms with E-state index in [4.69, 9.17) is 18.0 Å². The van der Waals surface area contributed by atoms with Gasteiger partial charge in [-0.3, -0.25) is 0 Å². The van der Waals surface area contributed by atoms with E-state index in [9.17, 15) is 0 Å². The lowest BCUT2D eigenvalue weighted by molar-refractivity contribution is 1.92. The molecular weight excluding hydrogens is 71.5 g/mol. The van der Waals surface area contributed by atoms with Crippen molar-refractivity contribution < 1.29 is 0 Å². The molecule has 0 bridgehead atoms. The Morgan fingerprint density at radius 2 is 2.25 bits per heavy atom. The van der Waals surface area contributed by atoms with Gasteiger partial charge in [-0.15, -0.1) is 11.6 Å². The second kappa shape index (κ2) is 2.85. The van der Waals surface area contributed by atoms with Gasteiger partial charge < -0.3 is 0 Å². The Hall–Kier alpha value is -0.150. The first kappa shape index (κ1) is 3.85. The minimum Gasteiger partial charge on any atom is -0.113 e. The molecule has 0 rings (SSSR count). The lowest BCUT2D eigenvalue weighted by Crippen LogP contribution is -1.47. The second-order valence-electron chi connectivity index (χ2n) is 0.310. The van der Waals surface area contributed by atoms with Gasteiger partial charge in [0.05, 0.1) is 5.88 Å². The summed E-state index contributed by atoms with van der Waals surface area (Å²) in [4.78, 5) is 0. The van der Waals surface area contributed by atoms with E-state index < -0.39 is 0 Å². The number of alkyl halides is 1. The number of hydrogen-bond donors (Lipinski definition) is 0. The van der Waals surface area contributed by atoms with Crippen molar-refractivity contribution in [3.8, 4) is 5.92 Å². The van der Waals surface area contributed by atoms with Crippen LogP contribution in [0.3, 0.4) is 0 Å². The Morgan fingerprint density at radius 3 is 2.25 bits per heavy atom. The van der Waals surface area contributed by atoms with Crippen molar-refractivity contribution in [3.63, 3.8) is 0 Å². The summed E-state index contributed by atoms with van der Waals surface area (Å²) in [7, 11) is 0. The summed E-state index contributed by atoms with van der Waals surface area (Å²) >= 11 is 4.89. The highest BCUT2D eigenvalue weighted by atomic mass is 35.5. The predicted octanol–water partition coefficient (Wildman–Crippen LogP) is 0.815. The third-order valence-corrected chi connectivity index (χ3v) is 0.200. The van der Waals surface area contributed by atoms with Gasteiger partial charge >= 0.3 is 0 Å². The molecule has 0 N–H and O–H groups in total. The molecule has 0 nitrogen and oxygen atoms in total. The molecule has 4 heavy (non-hydrogen) atoms. The van der Waals surface area contributed by atoms with Crippen molar-refractivity contribution >= 4 is 11.6 Å². The smallest absolute Gasteiger partial charge is 0.0845 e. The molecule has 0 aromatic heterocycles. The first-order chi connectivity index (χ1) is 1.91. The molecule has 0 saturated heterocycles. The van der Waals surface area contributed by atoms with Crippen LogP contribution in [0.2, 0.25) is 0 Å². The molecule has 0 unspecified atom stereocenters. The fourth-order valence-corrected chi connectivity index (χ4v) is 0. The highest BCUT2D eigenvalue weighted by Gasteiger charge is 1.47. The fraction of sp³-hybridized carbons (Fsp3) is 0.333. The lowest BCUT2D eigenvalue weighted by Gasteiger charge is -1.49. The van der Waals surface area contributed by atoms with Crippen molar-refractivity contribution in [1.82, 2.24) is 0 Å². The Kier molecular flexibility index (Phi) is 2.74. The van der Waals surface area contributed by atoms with E-state index in [1.807, 2.05) is 5.92 Å². The van der Waals surface area contributed by atoms with Crippen LogP contribution >= 0.6 is 11.6 Å². The van der Waals surface area contributed by atoms with Crippen LogP contribution < -0.4 is 0 Å². The van der Waals surface area contributed by atoms with E-state index in [1.54, 1.807) is 0 Å². The molecule has 1 radical (unpaired) electrons. The molecule has 0 heterocycles. The zero-order chi connectivity index (χ0) is 3.41. The quantitative estimate of drug-likeness (QED) is 0.294. The summed E-state index contributed by atoms with van der Waals surface area (Å²) in [6, 6.07) is 0. The Bertz CT molecular complexity index is 33.0.